The number of para-hydroxylation sites is 2. The van der Waals surface area contributed by atoms with Gasteiger partial charge in [0.15, 0.2) is 5.82 Å². The zero-order valence-corrected chi connectivity index (χ0v) is 17.3. The first-order chi connectivity index (χ1) is 15.1. The molecule has 31 heavy (non-hydrogen) atoms. The highest BCUT2D eigenvalue weighted by molar-refractivity contribution is 6.35. The molecule has 2 aromatic heterocycles. The quantitative estimate of drug-likeness (QED) is 0.501. The van der Waals surface area contributed by atoms with Gasteiger partial charge in [-0.3, -0.25) is 4.79 Å². The van der Waals surface area contributed by atoms with Gasteiger partial charge in [-0.2, -0.15) is 4.68 Å². The van der Waals surface area contributed by atoms with Crippen molar-refractivity contribution in [3.8, 4) is 11.4 Å². The molecule has 1 atom stereocenters. The molecule has 1 amide bonds. The maximum absolute atomic E-state index is 12.8. The van der Waals surface area contributed by atoms with Crippen molar-refractivity contribution in [3.63, 3.8) is 0 Å². The fourth-order valence-corrected chi connectivity index (χ4v) is 3.75. The van der Waals surface area contributed by atoms with Gasteiger partial charge in [-0.25, -0.2) is 9.67 Å². The van der Waals surface area contributed by atoms with Gasteiger partial charge >= 0.3 is 0 Å². The van der Waals surface area contributed by atoms with Crippen LogP contribution in [0.3, 0.4) is 0 Å². The Morgan fingerprint density at radius 2 is 1.97 bits per heavy atom. The number of hydrogen-bond acceptors (Lipinski definition) is 7. The van der Waals surface area contributed by atoms with Gasteiger partial charge in [-0.1, -0.05) is 41.4 Å². The number of fused-ring (bicyclic) bond motifs is 3. The fourth-order valence-electron chi connectivity index (χ4n) is 3.23. The van der Waals surface area contributed by atoms with E-state index in [2.05, 4.69) is 30.9 Å². The molecule has 0 aliphatic carbocycles. The SMILES string of the molecule is O=C(N[C@H]1COc2ccccc2-n2nnnc21)c1ncn(Cc2c(Cl)cccc2Cl)n1. The number of aromatic nitrogens is 7. The number of ether oxygens (including phenoxy) is 1. The summed E-state index contributed by atoms with van der Waals surface area (Å²) in [5.41, 5.74) is 1.38. The molecule has 156 valence electrons. The molecule has 10 nitrogen and oxygen atoms in total. The third-order valence-electron chi connectivity index (χ3n) is 4.73. The maximum atomic E-state index is 12.8. The van der Waals surface area contributed by atoms with E-state index < -0.39 is 11.9 Å². The van der Waals surface area contributed by atoms with Crippen LogP contribution in [0, 0.1) is 0 Å². The number of carbonyl (C=O) groups excluding carboxylic acids is 1. The molecule has 0 spiro atoms. The second-order valence-corrected chi connectivity index (χ2v) is 7.53. The normalized spacial score (nSPS) is 14.8. The second kappa shape index (κ2) is 7.97. The third kappa shape index (κ3) is 3.71. The Bertz CT molecular complexity index is 1250. The molecule has 2 aromatic carbocycles. The van der Waals surface area contributed by atoms with Crippen LogP contribution in [0.25, 0.3) is 5.69 Å². The summed E-state index contributed by atoms with van der Waals surface area (Å²) in [4.78, 5) is 16.9. The Kier molecular flexibility index (Phi) is 5.00. The fraction of sp³-hybridized carbons (Fsp3) is 0.158. The van der Waals surface area contributed by atoms with Crippen molar-refractivity contribution in [1.29, 1.82) is 0 Å². The van der Waals surface area contributed by atoms with Crippen LogP contribution >= 0.6 is 23.2 Å². The highest BCUT2D eigenvalue weighted by Crippen LogP contribution is 2.28. The van der Waals surface area contributed by atoms with Gasteiger partial charge in [0.05, 0.1) is 6.54 Å². The van der Waals surface area contributed by atoms with Crippen molar-refractivity contribution in [2.75, 3.05) is 6.61 Å². The van der Waals surface area contributed by atoms with Crippen LogP contribution in [0.15, 0.2) is 48.8 Å². The van der Waals surface area contributed by atoms with E-state index in [1.54, 1.807) is 22.9 Å². The predicted molar refractivity (Wildman–Crippen MR) is 110 cm³/mol. The average molecular weight is 457 g/mol. The smallest absolute Gasteiger partial charge is 0.291 e. The predicted octanol–water partition coefficient (Wildman–Crippen LogP) is 2.47. The molecule has 0 saturated carbocycles. The lowest BCUT2D eigenvalue weighted by Crippen LogP contribution is -2.34. The lowest BCUT2D eigenvalue weighted by molar-refractivity contribution is 0.0909. The molecule has 3 heterocycles. The molecular formula is C19H14Cl2N8O2. The molecule has 1 aliphatic heterocycles. The van der Waals surface area contributed by atoms with Crippen molar-refractivity contribution >= 4 is 29.1 Å². The number of rotatable bonds is 4. The number of nitrogens with one attached hydrogen (secondary N) is 1. The largest absolute Gasteiger partial charge is 0.489 e. The van der Waals surface area contributed by atoms with Gasteiger partial charge in [0.2, 0.25) is 5.82 Å². The van der Waals surface area contributed by atoms with E-state index in [0.717, 1.165) is 0 Å². The maximum Gasteiger partial charge on any atom is 0.291 e. The third-order valence-corrected chi connectivity index (χ3v) is 5.44. The van der Waals surface area contributed by atoms with Crippen LogP contribution in [0.2, 0.25) is 10.0 Å². The van der Waals surface area contributed by atoms with E-state index in [1.165, 1.54) is 11.0 Å². The summed E-state index contributed by atoms with van der Waals surface area (Å²) in [5, 5.41) is 19.9. The topological polar surface area (TPSA) is 113 Å². The summed E-state index contributed by atoms with van der Waals surface area (Å²) in [6.45, 7) is 0.429. The zero-order valence-electron chi connectivity index (χ0n) is 15.8. The molecular weight excluding hydrogens is 443 g/mol. The van der Waals surface area contributed by atoms with Crippen LogP contribution in [-0.4, -0.2) is 47.5 Å². The molecule has 0 radical (unpaired) electrons. The number of amides is 1. The van der Waals surface area contributed by atoms with Gasteiger partial charge < -0.3 is 10.1 Å². The average Bonchev–Trinajstić information content (AvgIpc) is 3.41. The first kappa shape index (κ1) is 19.5. The van der Waals surface area contributed by atoms with Crippen molar-refractivity contribution in [2.45, 2.75) is 12.6 Å². The molecule has 0 saturated heterocycles. The minimum Gasteiger partial charge on any atom is -0.489 e. The Balaban J connectivity index is 1.35. The first-order valence-electron chi connectivity index (χ1n) is 9.24. The van der Waals surface area contributed by atoms with Gasteiger partial charge in [-0.15, -0.1) is 10.2 Å². The summed E-state index contributed by atoms with van der Waals surface area (Å²) < 4.78 is 8.86. The minimum atomic E-state index is -0.597. The second-order valence-electron chi connectivity index (χ2n) is 6.72. The Morgan fingerprint density at radius 3 is 2.81 bits per heavy atom. The zero-order chi connectivity index (χ0) is 21.4. The molecule has 5 rings (SSSR count). The van der Waals surface area contributed by atoms with E-state index in [9.17, 15) is 4.79 Å². The van der Waals surface area contributed by atoms with Gasteiger partial charge in [0.25, 0.3) is 5.91 Å². The van der Waals surface area contributed by atoms with Crippen molar-refractivity contribution in [3.05, 3.63) is 76.0 Å². The van der Waals surface area contributed by atoms with E-state index in [0.29, 0.717) is 32.9 Å². The van der Waals surface area contributed by atoms with Crippen molar-refractivity contribution < 1.29 is 9.53 Å². The molecule has 0 bridgehead atoms. The van der Waals surface area contributed by atoms with Crippen LogP contribution in [0.4, 0.5) is 0 Å². The Morgan fingerprint density at radius 1 is 1.16 bits per heavy atom. The Labute approximate surface area is 185 Å². The molecule has 1 N–H and O–H groups in total. The lowest BCUT2D eigenvalue weighted by atomic mass is 10.2. The van der Waals surface area contributed by atoms with E-state index >= 15 is 0 Å². The number of benzene rings is 2. The summed E-state index contributed by atoms with van der Waals surface area (Å²) in [5.74, 6) is 0.564. The number of hydrogen-bond donors (Lipinski definition) is 1. The van der Waals surface area contributed by atoms with Crippen LogP contribution in [0.1, 0.15) is 28.0 Å². The van der Waals surface area contributed by atoms with Crippen LogP contribution in [-0.2, 0) is 6.54 Å². The molecule has 1 aliphatic rings. The van der Waals surface area contributed by atoms with Gasteiger partial charge in [-0.05, 0) is 34.7 Å². The number of carbonyl (C=O) groups is 1. The minimum absolute atomic E-state index is 0.0102. The molecule has 4 aromatic rings. The van der Waals surface area contributed by atoms with Crippen molar-refractivity contribution in [1.82, 2.24) is 40.3 Å². The van der Waals surface area contributed by atoms with Crippen molar-refractivity contribution in [2.24, 2.45) is 0 Å². The Hall–Kier alpha value is -3.50. The lowest BCUT2D eigenvalue weighted by Gasteiger charge is -2.13. The standard InChI is InChI=1S/C19H14Cl2N8O2/c20-12-4-3-5-13(21)11(12)8-28-10-22-17(25-28)19(30)23-14-9-31-16-7-2-1-6-15(16)29-18(14)24-26-27-29/h1-7,10,14H,8-9H2,(H,23,30)/t14-/m0/s1. The van der Waals surface area contributed by atoms with E-state index in [1.807, 2.05) is 24.3 Å². The number of tetrazole rings is 1. The van der Waals surface area contributed by atoms with Crippen LogP contribution in [0.5, 0.6) is 5.75 Å². The van der Waals surface area contributed by atoms with Gasteiger partial charge in [0, 0.05) is 15.6 Å². The number of nitrogens with zero attached hydrogens (tertiary/aromatic N) is 7. The summed E-state index contributed by atoms with van der Waals surface area (Å²) in [7, 11) is 0. The van der Waals surface area contributed by atoms with E-state index in [4.69, 9.17) is 27.9 Å². The highest BCUT2D eigenvalue weighted by Gasteiger charge is 2.29. The molecule has 12 heteroatoms. The first-order valence-corrected chi connectivity index (χ1v) is 9.99. The summed E-state index contributed by atoms with van der Waals surface area (Å²) in [6.07, 6.45) is 1.44. The van der Waals surface area contributed by atoms with Gasteiger partial charge in [0.1, 0.15) is 30.4 Å². The summed E-state index contributed by atoms with van der Waals surface area (Å²) in [6, 6.07) is 12.0. The highest BCUT2D eigenvalue weighted by atomic mass is 35.5. The number of halogens is 2. The van der Waals surface area contributed by atoms with E-state index in [-0.39, 0.29) is 19.0 Å². The summed E-state index contributed by atoms with van der Waals surface area (Å²) >= 11 is 12.4. The molecule has 0 unspecified atom stereocenters. The molecule has 0 fully saturated rings. The van der Waals surface area contributed by atoms with Crippen LogP contribution < -0.4 is 10.1 Å². The monoisotopic (exact) mass is 456 g/mol.